The largest absolute Gasteiger partial charge is 0.456 e. The van der Waals surface area contributed by atoms with Crippen molar-refractivity contribution in [2.45, 2.75) is 36.0 Å². The van der Waals surface area contributed by atoms with Gasteiger partial charge in [-0.05, 0) is 154 Å². The van der Waals surface area contributed by atoms with Crippen LogP contribution < -0.4 is 21.3 Å². The number of thiophene rings is 1. The molecular weight excluding hydrogens is 1070 g/mol. The van der Waals surface area contributed by atoms with Gasteiger partial charge in [-0.3, -0.25) is 0 Å². The lowest BCUT2D eigenvalue weighted by Crippen LogP contribution is -2.59. The van der Waals surface area contributed by atoms with E-state index in [-0.39, 0.29) is 12.1 Å². The molecule has 2 aliphatic rings. The maximum atomic E-state index is 10.2. The summed E-state index contributed by atoms with van der Waals surface area (Å²) >= 11 is 3.74. The highest BCUT2D eigenvalue weighted by atomic mass is 32.2. The summed E-state index contributed by atoms with van der Waals surface area (Å²) in [6.45, 7) is 6.82. The van der Waals surface area contributed by atoms with Crippen molar-refractivity contribution < 1.29 is 4.42 Å². The second-order valence-electron chi connectivity index (χ2n) is 23.9. The zero-order valence-corrected chi connectivity index (χ0v) is 48.3. The monoisotopic (exact) mass is 1120 g/mol. The normalized spacial score (nSPS) is 13.0. The maximum absolute atomic E-state index is 10.2. The Labute approximate surface area is 498 Å². The molecule has 0 atom stereocenters. The predicted molar refractivity (Wildman–Crippen MR) is 359 cm³/mol. The van der Waals surface area contributed by atoms with Crippen LogP contribution in [0.15, 0.2) is 257 Å². The van der Waals surface area contributed by atoms with E-state index in [4.69, 9.17) is 4.42 Å². The molecule has 8 heteroatoms. The molecule has 0 bridgehead atoms. The van der Waals surface area contributed by atoms with Gasteiger partial charge in [-0.25, -0.2) is 0 Å². The van der Waals surface area contributed by atoms with Crippen LogP contribution in [0.25, 0.3) is 119 Å². The van der Waals surface area contributed by atoms with E-state index in [9.17, 15) is 5.26 Å². The standard InChI is InChI=1S/C77H49BN4OS2/c1-77(2,3)49-27-33-64(56(41-49)46-15-5-4-6-16-46)82-66-42-50(80-63-23-13-9-19-54(63)57-37-45(44-79)25-32-65(57)80)28-30-59(66)78-60-31-29-51(81-61-21-11-7-17-52(61)53-18-8-12-22-62(53)81)43-72(60)85-73-40-48(39-67(82)76(73)78)47-26-34-68-58(38-47)74-69(83-68)35-36-71-75(74)55-20-10-14-24-70(55)84-71/h4-43H,1-3H3. The van der Waals surface area contributed by atoms with Crippen LogP contribution in [0, 0.1) is 11.3 Å². The third-order valence-corrected chi connectivity index (χ3v) is 20.4. The third-order valence-electron chi connectivity index (χ3n) is 18.1. The van der Waals surface area contributed by atoms with Gasteiger partial charge in [0.25, 0.3) is 0 Å². The van der Waals surface area contributed by atoms with Gasteiger partial charge in [-0.1, -0.05) is 165 Å². The zero-order valence-electron chi connectivity index (χ0n) is 46.7. The highest BCUT2D eigenvalue weighted by molar-refractivity contribution is 8.00. The van der Waals surface area contributed by atoms with Crippen molar-refractivity contribution in [1.82, 2.24) is 9.13 Å². The van der Waals surface area contributed by atoms with E-state index < -0.39 is 0 Å². The minimum absolute atomic E-state index is 0.101. The fraction of sp³-hybridized carbons (Fsp3) is 0.0519. The number of fused-ring (bicyclic) bond motifs is 17. The minimum Gasteiger partial charge on any atom is -0.456 e. The lowest BCUT2D eigenvalue weighted by atomic mass is 9.35. The Bertz CT molecular complexity index is 5560. The van der Waals surface area contributed by atoms with E-state index in [0.29, 0.717) is 5.56 Å². The molecule has 0 saturated carbocycles. The quantitative estimate of drug-likeness (QED) is 0.161. The molecule has 0 fully saturated rings. The van der Waals surface area contributed by atoms with Crippen molar-refractivity contribution in [2.24, 2.45) is 0 Å². The lowest BCUT2D eigenvalue weighted by Gasteiger charge is -2.41. The number of aromatic nitrogens is 2. The zero-order chi connectivity index (χ0) is 56.4. The van der Waals surface area contributed by atoms with Crippen molar-refractivity contribution in [3.8, 4) is 39.7 Å². The number of furan rings is 1. The van der Waals surface area contributed by atoms with Gasteiger partial charge in [0.1, 0.15) is 11.2 Å². The molecule has 398 valence electrons. The van der Waals surface area contributed by atoms with Gasteiger partial charge in [-0.15, -0.1) is 11.3 Å². The Morgan fingerprint density at radius 3 is 1.84 bits per heavy atom. The molecule has 6 heterocycles. The summed E-state index contributed by atoms with van der Waals surface area (Å²) in [6, 6.07) is 92.1. The number of hydrogen-bond acceptors (Lipinski definition) is 5. The van der Waals surface area contributed by atoms with Gasteiger partial charge < -0.3 is 18.5 Å². The molecule has 12 aromatic carbocycles. The van der Waals surface area contributed by atoms with E-state index >= 15 is 0 Å². The molecular formula is C77H49BN4OS2. The fourth-order valence-corrected chi connectivity index (χ4v) is 16.6. The van der Waals surface area contributed by atoms with Gasteiger partial charge in [0.05, 0.1) is 39.4 Å². The molecule has 2 aliphatic heterocycles. The molecule has 5 nitrogen and oxygen atoms in total. The Kier molecular flexibility index (Phi) is 10.3. The molecule has 0 aliphatic carbocycles. The molecule has 4 aromatic heterocycles. The Morgan fingerprint density at radius 2 is 1.09 bits per heavy atom. The van der Waals surface area contributed by atoms with Crippen molar-refractivity contribution in [3.05, 3.63) is 254 Å². The van der Waals surface area contributed by atoms with Crippen LogP contribution in [0.1, 0.15) is 31.9 Å². The lowest BCUT2D eigenvalue weighted by molar-refractivity contribution is 0.590. The van der Waals surface area contributed by atoms with Crippen LogP contribution in [0.5, 0.6) is 0 Å². The van der Waals surface area contributed by atoms with Gasteiger partial charge in [-0.2, -0.15) is 5.26 Å². The summed E-state index contributed by atoms with van der Waals surface area (Å²) in [5, 5.41) is 19.6. The number of para-hydroxylation sites is 3. The van der Waals surface area contributed by atoms with Gasteiger partial charge >= 0.3 is 0 Å². The van der Waals surface area contributed by atoms with Crippen LogP contribution >= 0.6 is 23.1 Å². The molecule has 0 amide bonds. The van der Waals surface area contributed by atoms with Gasteiger partial charge in [0, 0.05) is 90.6 Å². The first-order valence-electron chi connectivity index (χ1n) is 29.1. The van der Waals surface area contributed by atoms with Crippen molar-refractivity contribution in [1.29, 1.82) is 5.26 Å². The van der Waals surface area contributed by atoms with Gasteiger partial charge in [0.15, 0.2) is 0 Å². The summed E-state index contributed by atoms with van der Waals surface area (Å²) in [7, 11) is 0. The van der Waals surface area contributed by atoms with Crippen LogP contribution in [0.4, 0.5) is 17.1 Å². The summed E-state index contributed by atoms with van der Waals surface area (Å²) in [5.74, 6) is 0. The number of anilines is 3. The highest BCUT2D eigenvalue weighted by Gasteiger charge is 2.42. The van der Waals surface area contributed by atoms with E-state index in [0.717, 1.165) is 88.9 Å². The molecule has 0 unspecified atom stereocenters. The van der Waals surface area contributed by atoms with E-state index in [2.05, 4.69) is 271 Å². The molecule has 0 radical (unpaired) electrons. The summed E-state index contributed by atoms with van der Waals surface area (Å²) in [5.41, 5.74) is 22.1. The van der Waals surface area contributed by atoms with Crippen molar-refractivity contribution in [3.63, 3.8) is 0 Å². The van der Waals surface area contributed by atoms with E-state index in [1.807, 2.05) is 35.2 Å². The number of nitriles is 1. The Hall–Kier alpha value is -10.0. The predicted octanol–water partition coefficient (Wildman–Crippen LogP) is 19.4. The smallest absolute Gasteiger partial charge is 0.249 e. The fourth-order valence-electron chi connectivity index (χ4n) is 14.3. The molecule has 18 rings (SSSR count). The van der Waals surface area contributed by atoms with Crippen LogP contribution in [-0.4, -0.2) is 15.8 Å². The second-order valence-corrected chi connectivity index (χ2v) is 26.0. The SMILES string of the molecule is CC(C)(C)c1ccc(N2c3cc(-n4c5ccccc5c5cc(C#N)ccc54)ccc3B3c4ccc(-n5c6ccccc6c6ccccc65)cc4Sc4cc(-c5ccc6oc7ccc8sc9ccccc9c8c7c6c5)cc2c43)c(-c2ccccc2)c1. The van der Waals surface area contributed by atoms with Crippen molar-refractivity contribution >= 4 is 149 Å². The highest BCUT2D eigenvalue weighted by Crippen LogP contribution is 2.50. The van der Waals surface area contributed by atoms with Crippen LogP contribution in [-0.2, 0) is 5.41 Å². The summed E-state index contributed by atoms with van der Waals surface area (Å²) in [6.07, 6.45) is 0. The molecule has 0 saturated heterocycles. The Morgan fingerprint density at radius 1 is 0.435 bits per heavy atom. The third kappa shape index (κ3) is 7.12. The molecule has 0 spiro atoms. The number of nitrogens with zero attached hydrogens (tertiary/aromatic N) is 4. The summed E-state index contributed by atoms with van der Waals surface area (Å²) < 4.78 is 14.1. The average molecular weight is 1120 g/mol. The number of hydrogen-bond donors (Lipinski definition) is 0. The van der Waals surface area contributed by atoms with Crippen molar-refractivity contribution in [2.75, 3.05) is 4.90 Å². The first kappa shape index (κ1) is 48.5. The van der Waals surface area contributed by atoms with E-state index in [1.165, 1.54) is 79.3 Å². The number of rotatable bonds is 5. The first-order valence-corrected chi connectivity index (χ1v) is 30.7. The van der Waals surface area contributed by atoms with E-state index in [1.54, 1.807) is 0 Å². The molecule has 16 aromatic rings. The number of benzene rings is 12. The average Bonchev–Trinajstić information content (AvgIpc) is 1.42. The topological polar surface area (TPSA) is 50.0 Å². The maximum Gasteiger partial charge on any atom is 0.249 e. The Balaban J connectivity index is 0.937. The molecule has 85 heavy (non-hydrogen) atoms. The second kappa shape index (κ2) is 18.0. The van der Waals surface area contributed by atoms with Crippen LogP contribution in [0.3, 0.4) is 0 Å². The van der Waals surface area contributed by atoms with Gasteiger partial charge in [0.2, 0.25) is 6.71 Å². The minimum atomic E-state index is -0.103. The van der Waals surface area contributed by atoms with Crippen LogP contribution in [0.2, 0.25) is 0 Å². The first-order chi connectivity index (χ1) is 41.7. The molecule has 0 N–H and O–H groups in total. The summed E-state index contributed by atoms with van der Waals surface area (Å²) in [4.78, 5) is 5.07.